The molecular weight excluding hydrogens is 220 g/mol. The van der Waals surface area contributed by atoms with Crippen molar-refractivity contribution in [2.45, 2.75) is 18.7 Å². The minimum atomic E-state index is -3.09. The summed E-state index contributed by atoms with van der Waals surface area (Å²) in [5, 5.41) is 16.1. The van der Waals surface area contributed by atoms with Crippen LogP contribution in [0.15, 0.2) is 16.9 Å². The zero-order valence-electron chi connectivity index (χ0n) is 7.96. The number of nitrogens with zero attached hydrogens (tertiary/aromatic N) is 1. The van der Waals surface area contributed by atoms with E-state index in [2.05, 4.69) is 15.0 Å². The molecule has 1 aromatic rings. The molecule has 0 saturated carbocycles. The predicted octanol–water partition coefficient (Wildman–Crippen LogP) is -1.08. The molecule has 15 heavy (non-hydrogen) atoms. The van der Waals surface area contributed by atoms with Crippen LogP contribution in [0.1, 0.15) is 5.69 Å². The van der Waals surface area contributed by atoms with E-state index in [1.807, 2.05) is 0 Å². The number of rotatable bonds is 3. The van der Waals surface area contributed by atoms with Crippen LogP contribution in [0.4, 0.5) is 0 Å². The van der Waals surface area contributed by atoms with E-state index in [9.17, 15) is 13.5 Å². The Hall–Kier alpha value is -0.920. The van der Waals surface area contributed by atoms with E-state index in [0.29, 0.717) is 12.2 Å². The van der Waals surface area contributed by atoms with Crippen LogP contribution in [0.25, 0.3) is 0 Å². The highest BCUT2D eigenvalue weighted by Gasteiger charge is 2.35. The van der Waals surface area contributed by atoms with Gasteiger partial charge in [-0.15, -0.1) is 0 Å². The largest absolute Gasteiger partial charge is 0.390 e. The number of nitrogens with one attached hydrogen (secondary N) is 1. The fraction of sp³-hybridized carbons (Fsp3) is 0.625. The lowest BCUT2D eigenvalue weighted by Gasteiger charge is -2.13. The maximum Gasteiger partial charge on any atom is 0.154 e. The maximum absolute atomic E-state index is 11.2. The molecule has 1 saturated heterocycles. The third-order valence-corrected chi connectivity index (χ3v) is 4.08. The van der Waals surface area contributed by atoms with Crippen molar-refractivity contribution < 1.29 is 18.0 Å². The molecule has 1 aliphatic heterocycles. The Labute approximate surface area is 87.2 Å². The molecule has 1 fully saturated rings. The SMILES string of the molecule is O=S1(=O)CC(O)C(NCc2ccon2)C1. The van der Waals surface area contributed by atoms with Crippen LogP contribution in [-0.2, 0) is 16.4 Å². The van der Waals surface area contributed by atoms with Gasteiger partial charge in [0.2, 0.25) is 0 Å². The maximum atomic E-state index is 11.2. The third kappa shape index (κ3) is 2.55. The van der Waals surface area contributed by atoms with E-state index < -0.39 is 22.0 Å². The van der Waals surface area contributed by atoms with Gasteiger partial charge in [-0.2, -0.15) is 0 Å². The van der Waals surface area contributed by atoms with Gasteiger partial charge in [-0.25, -0.2) is 8.42 Å². The van der Waals surface area contributed by atoms with Crippen molar-refractivity contribution in [3.8, 4) is 0 Å². The summed E-state index contributed by atoms with van der Waals surface area (Å²) in [4.78, 5) is 0. The first-order chi connectivity index (χ1) is 7.07. The minimum absolute atomic E-state index is 0.0218. The second-order valence-electron chi connectivity index (χ2n) is 3.62. The Kier molecular flexibility index (Phi) is 2.76. The minimum Gasteiger partial charge on any atom is -0.390 e. The van der Waals surface area contributed by atoms with E-state index in [4.69, 9.17) is 0 Å². The molecule has 0 spiro atoms. The van der Waals surface area contributed by atoms with E-state index in [0.717, 1.165) is 0 Å². The summed E-state index contributed by atoms with van der Waals surface area (Å²) in [7, 11) is -3.09. The Morgan fingerprint density at radius 2 is 2.40 bits per heavy atom. The quantitative estimate of drug-likeness (QED) is 0.689. The van der Waals surface area contributed by atoms with Crippen molar-refractivity contribution in [2.75, 3.05) is 11.5 Å². The van der Waals surface area contributed by atoms with Gasteiger partial charge in [0.15, 0.2) is 9.84 Å². The first-order valence-corrected chi connectivity index (χ1v) is 6.40. The van der Waals surface area contributed by atoms with Gasteiger partial charge in [-0.05, 0) is 0 Å². The summed E-state index contributed by atoms with van der Waals surface area (Å²) in [6.45, 7) is 0.397. The average Bonchev–Trinajstić information content (AvgIpc) is 2.70. The molecule has 84 valence electrons. The molecule has 0 bridgehead atoms. The number of aliphatic hydroxyl groups excluding tert-OH is 1. The smallest absolute Gasteiger partial charge is 0.154 e. The van der Waals surface area contributed by atoms with E-state index in [1.165, 1.54) is 6.26 Å². The van der Waals surface area contributed by atoms with Gasteiger partial charge in [0.25, 0.3) is 0 Å². The van der Waals surface area contributed by atoms with Gasteiger partial charge in [0.1, 0.15) is 6.26 Å². The summed E-state index contributed by atoms with van der Waals surface area (Å²) >= 11 is 0. The molecule has 1 aromatic heterocycles. The first-order valence-electron chi connectivity index (χ1n) is 4.58. The summed E-state index contributed by atoms with van der Waals surface area (Å²) in [6.07, 6.45) is 0.612. The summed E-state index contributed by atoms with van der Waals surface area (Å²) in [5.41, 5.74) is 0.687. The molecule has 0 amide bonds. The predicted molar refractivity (Wildman–Crippen MR) is 51.8 cm³/mol. The van der Waals surface area contributed by atoms with Gasteiger partial charge >= 0.3 is 0 Å². The molecule has 2 rings (SSSR count). The van der Waals surface area contributed by atoms with Crippen molar-refractivity contribution in [2.24, 2.45) is 0 Å². The van der Waals surface area contributed by atoms with Gasteiger partial charge in [0.05, 0.1) is 23.3 Å². The van der Waals surface area contributed by atoms with Crippen LogP contribution < -0.4 is 5.32 Å². The molecule has 2 atom stereocenters. The highest BCUT2D eigenvalue weighted by atomic mass is 32.2. The van der Waals surface area contributed by atoms with Crippen LogP contribution in [-0.4, -0.2) is 42.3 Å². The zero-order chi connectivity index (χ0) is 10.9. The molecule has 7 heteroatoms. The molecule has 6 nitrogen and oxygen atoms in total. The van der Waals surface area contributed by atoms with Crippen molar-refractivity contribution in [3.05, 3.63) is 18.0 Å². The van der Waals surface area contributed by atoms with E-state index >= 15 is 0 Å². The molecular formula is C8H12N2O4S. The monoisotopic (exact) mass is 232 g/mol. The number of sulfone groups is 1. The van der Waals surface area contributed by atoms with Crippen LogP contribution in [0.3, 0.4) is 0 Å². The topological polar surface area (TPSA) is 92.4 Å². The lowest BCUT2D eigenvalue weighted by molar-refractivity contribution is 0.165. The van der Waals surface area contributed by atoms with Gasteiger partial charge in [-0.1, -0.05) is 5.16 Å². The lowest BCUT2D eigenvalue weighted by atomic mass is 10.2. The highest BCUT2D eigenvalue weighted by Crippen LogP contribution is 2.12. The average molecular weight is 232 g/mol. The Morgan fingerprint density at radius 1 is 1.60 bits per heavy atom. The zero-order valence-corrected chi connectivity index (χ0v) is 8.77. The van der Waals surface area contributed by atoms with Crippen molar-refractivity contribution in [3.63, 3.8) is 0 Å². The number of hydrogen-bond acceptors (Lipinski definition) is 6. The fourth-order valence-corrected chi connectivity index (χ4v) is 3.36. The first kappa shape index (κ1) is 10.6. The normalized spacial score (nSPS) is 29.4. The third-order valence-electron chi connectivity index (χ3n) is 2.36. The lowest BCUT2D eigenvalue weighted by Crippen LogP contribution is -2.38. The molecule has 2 N–H and O–H groups in total. The highest BCUT2D eigenvalue weighted by molar-refractivity contribution is 7.91. The summed E-state index contributed by atoms with van der Waals surface area (Å²) in [5.74, 6) is -0.185. The van der Waals surface area contributed by atoms with E-state index in [-0.39, 0.29) is 11.5 Å². The Bertz CT molecular complexity index is 414. The van der Waals surface area contributed by atoms with Crippen LogP contribution in [0.2, 0.25) is 0 Å². The second kappa shape index (κ2) is 3.92. The second-order valence-corrected chi connectivity index (χ2v) is 5.78. The summed E-state index contributed by atoms with van der Waals surface area (Å²) < 4.78 is 27.0. The van der Waals surface area contributed by atoms with Crippen LogP contribution in [0, 0.1) is 0 Å². The van der Waals surface area contributed by atoms with E-state index in [1.54, 1.807) is 6.07 Å². The Balaban J connectivity index is 1.91. The molecule has 1 aliphatic rings. The van der Waals surface area contributed by atoms with Crippen molar-refractivity contribution >= 4 is 9.84 Å². The molecule has 0 radical (unpaired) electrons. The van der Waals surface area contributed by atoms with Crippen LogP contribution >= 0.6 is 0 Å². The summed E-state index contributed by atoms with van der Waals surface area (Å²) in [6, 6.07) is 1.27. The molecule has 2 unspecified atom stereocenters. The number of aliphatic hydroxyl groups is 1. The van der Waals surface area contributed by atoms with Crippen LogP contribution in [0.5, 0.6) is 0 Å². The Morgan fingerprint density at radius 3 is 2.93 bits per heavy atom. The fourth-order valence-electron chi connectivity index (χ4n) is 1.59. The number of hydrogen-bond donors (Lipinski definition) is 2. The van der Waals surface area contributed by atoms with Gasteiger partial charge < -0.3 is 14.9 Å². The van der Waals surface area contributed by atoms with Gasteiger partial charge in [-0.3, -0.25) is 0 Å². The molecule has 2 heterocycles. The molecule has 0 aliphatic carbocycles. The molecule has 0 aromatic carbocycles. The van der Waals surface area contributed by atoms with Crippen molar-refractivity contribution in [1.29, 1.82) is 0 Å². The standard InChI is InChI=1S/C8H12N2O4S/c11-8-5-15(12,13)4-7(8)9-3-6-1-2-14-10-6/h1-2,7-9,11H,3-5H2. The number of aromatic nitrogens is 1. The van der Waals surface area contributed by atoms with Crippen molar-refractivity contribution in [1.82, 2.24) is 10.5 Å². The van der Waals surface area contributed by atoms with Gasteiger partial charge in [0, 0.05) is 18.7 Å².